The fourth-order valence-corrected chi connectivity index (χ4v) is 2.39. The first-order valence-corrected chi connectivity index (χ1v) is 7.32. The minimum absolute atomic E-state index is 0.253. The third-order valence-electron chi connectivity index (χ3n) is 3.38. The second-order valence-corrected chi connectivity index (χ2v) is 5.63. The molecule has 0 aliphatic carbocycles. The van der Waals surface area contributed by atoms with Crippen molar-refractivity contribution in [3.05, 3.63) is 35.4 Å². The van der Waals surface area contributed by atoms with E-state index in [0.29, 0.717) is 24.6 Å². The summed E-state index contributed by atoms with van der Waals surface area (Å²) in [7, 11) is 3.42. The second kappa shape index (κ2) is 9.07. The minimum atomic E-state index is -0.806. The highest BCUT2D eigenvalue weighted by Gasteiger charge is 2.20. The van der Waals surface area contributed by atoms with Crippen molar-refractivity contribution in [1.29, 1.82) is 0 Å². The van der Waals surface area contributed by atoms with Gasteiger partial charge in [-0.2, -0.15) is 0 Å². The Bertz CT molecular complexity index is 427. The number of rotatable bonds is 9. The van der Waals surface area contributed by atoms with Crippen molar-refractivity contribution in [2.24, 2.45) is 5.92 Å². The van der Waals surface area contributed by atoms with Crippen molar-refractivity contribution in [3.8, 4) is 0 Å². The minimum Gasteiger partial charge on any atom is -0.383 e. The number of hydrogen-bond donors (Lipinski definition) is 1. The van der Waals surface area contributed by atoms with E-state index in [1.54, 1.807) is 26.3 Å². The summed E-state index contributed by atoms with van der Waals surface area (Å²) in [4.78, 5) is 2.21. The molecule has 1 atom stereocenters. The summed E-state index contributed by atoms with van der Waals surface area (Å²) in [5.74, 6) is -1.08. The van der Waals surface area contributed by atoms with Crippen molar-refractivity contribution < 1.29 is 13.5 Å². The summed E-state index contributed by atoms with van der Waals surface area (Å²) in [6, 6.07) is 4.06. The highest BCUT2D eigenvalue weighted by molar-refractivity contribution is 5.22. The third-order valence-corrected chi connectivity index (χ3v) is 3.38. The number of nitrogens with one attached hydrogen (secondary N) is 1. The molecule has 0 saturated carbocycles. The molecule has 3 nitrogen and oxygen atoms in total. The van der Waals surface area contributed by atoms with Gasteiger partial charge in [-0.25, -0.2) is 8.78 Å². The molecule has 1 unspecified atom stereocenters. The van der Waals surface area contributed by atoms with E-state index in [4.69, 9.17) is 4.74 Å². The van der Waals surface area contributed by atoms with Gasteiger partial charge in [0.25, 0.3) is 0 Å². The number of methoxy groups -OCH3 is 1. The lowest BCUT2D eigenvalue weighted by Gasteiger charge is -2.29. The molecule has 0 saturated heterocycles. The van der Waals surface area contributed by atoms with Gasteiger partial charge in [0.05, 0.1) is 6.61 Å². The number of benzene rings is 1. The summed E-state index contributed by atoms with van der Waals surface area (Å²) >= 11 is 0. The van der Waals surface area contributed by atoms with Gasteiger partial charge in [0.15, 0.2) is 11.6 Å². The van der Waals surface area contributed by atoms with Gasteiger partial charge in [0, 0.05) is 38.3 Å². The fraction of sp³-hybridized carbons (Fsp3) is 0.625. The number of ether oxygens (including phenoxy) is 1. The van der Waals surface area contributed by atoms with Crippen LogP contribution in [-0.2, 0) is 4.74 Å². The molecule has 1 rings (SSSR count). The molecular formula is C16H26F2N2O. The monoisotopic (exact) mass is 300 g/mol. The molecule has 0 bridgehead atoms. The quantitative estimate of drug-likeness (QED) is 0.759. The summed E-state index contributed by atoms with van der Waals surface area (Å²) in [6.07, 6.45) is 0. The third kappa shape index (κ3) is 5.69. The molecule has 0 fully saturated rings. The zero-order chi connectivity index (χ0) is 15.8. The van der Waals surface area contributed by atoms with E-state index in [-0.39, 0.29) is 6.04 Å². The summed E-state index contributed by atoms with van der Waals surface area (Å²) in [6.45, 7) is 7.16. The van der Waals surface area contributed by atoms with Crippen LogP contribution in [0.2, 0.25) is 0 Å². The Balaban J connectivity index is 2.84. The smallest absolute Gasteiger partial charge is 0.163 e. The van der Waals surface area contributed by atoms with E-state index in [2.05, 4.69) is 24.1 Å². The standard InChI is InChI=1S/C16H26F2N2O/c1-12(2)10-20(8-9-21-4)11-15(19-3)13-6-5-7-14(17)16(13)18/h5-7,12,15,19H,8-11H2,1-4H3. The van der Waals surface area contributed by atoms with Crippen molar-refractivity contribution in [1.82, 2.24) is 10.2 Å². The number of likely N-dealkylation sites (N-methyl/N-ethyl adjacent to an activating group) is 1. The SMILES string of the molecule is CNC(CN(CCOC)CC(C)C)c1cccc(F)c1F. The van der Waals surface area contributed by atoms with Gasteiger partial charge in [0.2, 0.25) is 0 Å². The average molecular weight is 300 g/mol. The van der Waals surface area contributed by atoms with Crippen LogP contribution in [0.4, 0.5) is 8.78 Å². The normalized spacial score (nSPS) is 13.1. The molecule has 0 amide bonds. The van der Waals surface area contributed by atoms with Crippen molar-refractivity contribution in [2.45, 2.75) is 19.9 Å². The zero-order valence-corrected chi connectivity index (χ0v) is 13.3. The molecule has 0 heterocycles. The predicted molar refractivity (Wildman–Crippen MR) is 81.3 cm³/mol. The van der Waals surface area contributed by atoms with Gasteiger partial charge >= 0.3 is 0 Å². The van der Waals surface area contributed by atoms with Crippen LogP contribution in [0.3, 0.4) is 0 Å². The van der Waals surface area contributed by atoms with E-state index in [0.717, 1.165) is 19.2 Å². The second-order valence-electron chi connectivity index (χ2n) is 5.63. The molecule has 0 aliphatic rings. The molecule has 21 heavy (non-hydrogen) atoms. The molecule has 0 aliphatic heterocycles. The topological polar surface area (TPSA) is 24.5 Å². The Hall–Kier alpha value is -1.04. The molecule has 120 valence electrons. The molecular weight excluding hydrogens is 274 g/mol. The van der Waals surface area contributed by atoms with Gasteiger partial charge < -0.3 is 10.1 Å². The zero-order valence-electron chi connectivity index (χ0n) is 13.3. The number of halogens is 2. The molecule has 0 spiro atoms. The largest absolute Gasteiger partial charge is 0.383 e. The van der Waals surface area contributed by atoms with Gasteiger partial charge in [-0.1, -0.05) is 26.0 Å². The van der Waals surface area contributed by atoms with Gasteiger partial charge in [-0.05, 0) is 19.0 Å². The van der Waals surface area contributed by atoms with Gasteiger partial charge in [-0.3, -0.25) is 4.90 Å². The van der Waals surface area contributed by atoms with E-state index >= 15 is 0 Å². The Kier molecular flexibility index (Phi) is 7.78. The lowest BCUT2D eigenvalue weighted by molar-refractivity contribution is 0.132. The molecule has 1 aromatic rings. The number of hydrogen-bond acceptors (Lipinski definition) is 3. The number of nitrogens with zero attached hydrogens (tertiary/aromatic N) is 1. The first-order valence-electron chi connectivity index (χ1n) is 7.32. The maximum Gasteiger partial charge on any atom is 0.163 e. The maximum atomic E-state index is 13.9. The average Bonchev–Trinajstić information content (AvgIpc) is 2.44. The first-order chi connectivity index (χ1) is 9.99. The first kappa shape index (κ1) is 18.0. The van der Waals surface area contributed by atoms with Crippen LogP contribution in [0.1, 0.15) is 25.5 Å². The lowest BCUT2D eigenvalue weighted by Crippen LogP contribution is -2.38. The highest BCUT2D eigenvalue weighted by Crippen LogP contribution is 2.20. The van der Waals surface area contributed by atoms with Crippen molar-refractivity contribution in [3.63, 3.8) is 0 Å². The lowest BCUT2D eigenvalue weighted by atomic mass is 10.0. The van der Waals surface area contributed by atoms with Crippen LogP contribution >= 0.6 is 0 Å². The van der Waals surface area contributed by atoms with Crippen LogP contribution in [0.25, 0.3) is 0 Å². The van der Waals surface area contributed by atoms with E-state index in [1.807, 2.05) is 0 Å². The van der Waals surface area contributed by atoms with Crippen molar-refractivity contribution in [2.75, 3.05) is 40.4 Å². The highest BCUT2D eigenvalue weighted by atomic mass is 19.2. The molecule has 1 N–H and O–H groups in total. The van der Waals surface area contributed by atoms with E-state index in [1.165, 1.54) is 0 Å². The van der Waals surface area contributed by atoms with Crippen LogP contribution < -0.4 is 5.32 Å². The molecule has 5 heteroatoms. The maximum absolute atomic E-state index is 13.9. The van der Waals surface area contributed by atoms with Gasteiger partial charge in [0.1, 0.15) is 0 Å². The molecule has 0 radical (unpaired) electrons. The van der Waals surface area contributed by atoms with Crippen LogP contribution in [-0.4, -0.2) is 45.3 Å². The van der Waals surface area contributed by atoms with E-state index < -0.39 is 11.6 Å². The van der Waals surface area contributed by atoms with Crippen LogP contribution in [0.15, 0.2) is 18.2 Å². The Morgan fingerprint density at radius 1 is 1.24 bits per heavy atom. The van der Waals surface area contributed by atoms with Gasteiger partial charge in [-0.15, -0.1) is 0 Å². The van der Waals surface area contributed by atoms with Crippen LogP contribution in [0, 0.1) is 17.6 Å². The van der Waals surface area contributed by atoms with Crippen molar-refractivity contribution >= 4 is 0 Å². The Labute approximate surface area is 126 Å². The summed E-state index contributed by atoms with van der Waals surface area (Å²) < 4.78 is 32.5. The Morgan fingerprint density at radius 2 is 1.95 bits per heavy atom. The molecule has 1 aromatic carbocycles. The summed E-state index contributed by atoms with van der Waals surface area (Å²) in [5.41, 5.74) is 0.365. The van der Waals surface area contributed by atoms with E-state index in [9.17, 15) is 8.78 Å². The van der Waals surface area contributed by atoms with Crippen LogP contribution in [0.5, 0.6) is 0 Å². The molecule has 0 aromatic heterocycles. The Morgan fingerprint density at radius 3 is 2.52 bits per heavy atom. The fourth-order valence-electron chi connectivity index (χ4n) is 2.39. The predicted octanol–water partition coefficient (Wildman–Crippen LogP) is 2.83. The summed E-state index contributed by atoms with van der Waals surface area (Å²) in [5, 5.41) is 3.08.